The molecule has 3 rings (SSSR count). The van der Waals surface area contributed by atoms with Crippen LogP contribution in [0.5, 0.6) is 0 Å². The fraction of sp³-hybridized carbons (Fsp3) is 0.211. The number of rotatable bonds is 5. The van der Waals surface area contributed by atoms with Crippen molar-refractivity contribution < 1.29 is 18.8 Å². The summed E-state index contributed by atoms with van der Waals surface area (Å²) in [6.07, 6.45) is -0.228. The highest BCUT2D eigenvalue weighted by atomic mass is 35.5. The van der Waals surface area contributed by atoms with Crippen LogP contribution in [0.3, 0.4) is 0 Å². The molecule has 0 aliphatic carbocycles. The molecule has 2 aromatic rings. The minimum Gasteiger partial charge on any atom is -0.350 e. The molecule has 2 N–H and O–H groups in total. The van der Waals surface area contributed by atoms with Crippen molar-refractivity contribution in [1.82, 2.24) is 10.6 Å². The quantitative estimate of drug-likeness (QED) is 0.717. The SMILES string of the molecule is C[C@@H](NC(=O)C[C@H]1NC(=O)N(c2ccc(F)cc2)C1=O)c1ccc(Cl)c(Cl)c1. The summed E-state index contributed by atoms with van der Waals surface area (Å²) >= 11 is 11.9. The van der Waals surface area contributed by atoms with Crippen LogP contribution in [0.4, 0.5) is 14.9 Å². The number of urea groups is 1. The van der Waals surface area contributed by atoms with E-state index < -0.39 is 29.7 Å². The highest BCUT2D eigenvalue weighted by Crippen LogP contribution is 2.26. The summed E-state index contributed by atoms with van der Waals surface area (Å²) in [4.78, 5) is 37.8. The fourth-order valence-electron chi connectivity index (χ4n) is 2.86. The molecule has 0 radical (unpaired) electrons. The Labute approximate surface area is 170 Å². The molecule has 4 amide bonds. The smallest absolute Gasteiger partial charge is 0.329 e. The Morgan fingerprint density at radius 3 is 2.50 bits per heavy atom. The summed E-state index contributed by atoms with van der Waals surface area (Å²) in [6, 6.07) is 7.91. The molecule has 1 fully saturated rings. The van der Waals surface area contributed by atoms with Crippen molar-refractivity contribution in [1.29, 1.82) is 0 Å². The lowest BCUT2D eigenvalue weighted by atomic mass is 10.1. The minimum absolute atomic E-state index is 0.228. The number of nitrogens with one attached hydrogen (secondary N) is 2. The molecule has 0 saturated carbocycles. The zero-order valence-electron chi connectivity index (χ0n) is 14.7. The molecule has 0 aromatic heterocycles. The second-order valence-electron chi connectivity index (χ2n) is 6.32. The highest BCUT2D eigenvalue weighted by molar-refractivity contribution is 6.42. The van der Waals surface area contributed by atoms with Crippen molar-refractivity contribution in [2.45, 2.75) is 25.4 Å². The zero-order chi connectivity index (χ0) is 20.4. The Bertz CT molecular complexity index is 937. The lowest BCUT2D eigenvalue weighted by molar-refractivity contribution is -0.126. The van der Waals surface area contributed by atoms with Gasteiger partial charge in [0.05, 0.1) is 28.2 Å². The van der Waals surface area contributed by atoms with Crippen LogP contribution < -0.4 is 15.5 Å². The number of carbonyl (C=O) groups excluding carboxylic acids is 3. The van der Waals surface area contributed by atoms with Gasteiger partial charge < -0.3 is 10.6 Å². The van der Waals surface area contributed by atoms with Crippen LogP contribution >= 0.6 is 23.2 Å². The van der Waals surface area contributed by atoms with E-state index in [2.05, 4.69) is 10.6 Å². The van der Waals surface area contributed by atoms with Crippen LogP contribution in [-0.4, -0.2) is 23.9 Å². The van der Waals surface area contributed by atoms with Gasteiger partial charge in [0.25, 0.3) is 5.91 Å². The summed E-state index contributed by atoms with van der Waals surface area (Å²) in [5.41, 5.74) is 0.980. The standard InChI is InChI=1S/C19H16Cl2FN3O3/c1-10(11-2-7-14(20)15(21)8-11)23-17(26)9-16-18(27)25(19(28)24-16)13-5-3-12(22)4-6-13/h2-8,10,16H,9H2,1H3,(H,23,26)(H,24,28)/t10-,16-/m1/s1. The van der Waals surface area contributed by atoms with Gasteiger partial charge in [-0.3, -0.25) is 9.59 Å². The molecule has 2 atom stereocenters. The van der Waals surface area contributed by atoms with Crippen molar-refractivity contribution in [2.75, 3.05) is 4.90 Å². The Morgan fingerprint density at radius 1 is 1.18 bits per heavy atom. The first-order chi connectivity index (χ1) is 13.3. The lowest BCUT2D eigenvalue weighted by Gasteiger charge is -2.16. The number of hydrogen-bond acceptors (Lipinski definition) is 3. The van der Waals surface area contributed by atoms with E-state index in [0.717, 1.165) is 22.6 Å². The van der Waals surface area contributed by atoms with Gasteiger partial charge in [0.2, 0.25) is 5.91 Å². The molecule has 6 nitrogen and oxygen atoms in total. The average Bonchev–Trinajstić information content (AvgIpc) is 2.91. The van der Waals surface area contributed by atoms with Gasteiger partial charge >= 0.3 is 6.03 Å². The number of benzene rings is 2. The third kappa shape index (κ3) is 4.26. The fourth-order valence-corrected chi connectivity index (χ4v) is 3.16. The van der Waals surface area contributed by atoms with E-state index in [0.29, 0.717) is 10.0 Å². The predicted octanol–water partition coefficient (Wildman–Crippen LogP) is 3.82. The van der Waals surface area contributed by atoms with Gasteiger partial charge in [0.15, 0.2) is 0 Å². The van der Waals surface area contributed by atoms with E-state index in [1.165, 1.54) is 12.1 Å². The van der Waals surface area contributed by atoms with Crippen molar-refractivity contribution in [3.63, 3.8) is 0 Å². The molecule has 28 heavy (non-hydrogen) atoms. The average molecular weight is 424 g/mol. The largest absolute Gasteiger partial charge is 0.350 e. The van der Waals surface area contributed by atoms with Crippen LogP contribution in [0.1, 0.15) is 24.9 Å². The van der Waals surface area contributed by atoms with Crippen LogP contribution in [0.15, 0.2) is 42.5 Å². The maximum atomic E-state index is 13.1. The first-order valence-electron chi connectivity index (χ1n) is 8.40. The molecule has 9 heteroatoms. The van der Waals surface area contributed by atoms with Gasteiger partial charge in [-0.25, -0.2) is 14.1 Å². The second kappa shape index (κ2) is 8.16. The monoisotopic (exact) mass is 423 g/mol. The maximum Gasteiger partial charge on any atom is 0.329 e. The minimum atomic E-state index is -1.00. The van der Waals surface area contributed by atoms with E-state index in [9.17, 15) is 18.8 Å². The van der Waals surface area contributed by atoms with Crippen LogP contribution in [0.25, 0.3) is 0 Å². The predicted molar refractivity (Wildman–Crippen MR) is 104 cm³/mol. The third-order valence-electron chi connectivity index (χ3n) is 4.31. The van der Waals surface area contributed by atoms with E-state index in [1.807, 2.05) is 0 Å². The summed E-state index contributed by atoms with van der Waals surface area (Å²) in [5, 5.41) is 6.00. The first-order valence-corrected chi connectivity index (χ1v) is 9.16. The number of amides is 4. The van der Waals surface area contributed by atoms with Gasteiger partial charge in [0.1, 0.15) is 11.9 Å². The molecule has 0 unspecified atom stereocenters. The molecule has 0 spiro atoms. The molecule has 0 bridgehead atoms. The Balaban J connectivity index is 1.64. The number of hydrogen-bond donors (Lipinski definition) is 2. The van der Waals surface area contributed by atoms with E-state index in [1.54, 1.807) is 25.1 Å². The zero-order valence-corrected chi connectivity index (χ0v) is 16.2. The number of halogens is 3. The molecular formula is C19H16Cl2FN3O3. The van der Waals surface area contributed by atoms with Gasteiger partial charge in [-0.05, 0) is 48.9 Å². The van der Waals surface area contributed by atoms with Crippen LogP contribution in [0.2, 0.25) is 10.0 Å². The molecule has 1 aliphatic heterocycles. The second-order valence-corrected chi connectivity index (χ2v) is 7.13. The summed E-state index contributed by atoms with van der Waals surface area (Å²) in [7, 11) is 0. The van der Waals surface area contributed by atoms with Crippen molar-refractivity contribution in [3.8, 4) is 0 Å². The maximum absolute atomic E-state index is 13.1. The van der Waals surface area contributed by atoms with Gasteiger partial charge in [-0.15, -0.1) is 0 Å². The van der Waals surface area contributed by atoms with Crippen LogP contribution in [0, 0.1) is 5.82 Å². The first kappa shape index (κ1) is 20.1. The number of carbonyl (C=O) groups is 3. The highest BCUT2D eigenvalue weighted by Gasteiger charge is 2.40. The normalized spacial score (nSPS) is 17.4. The topological polar surface area (TPSA) is 78.5 Å². The Hall–Kier alpha value is -2.64. The van der Waals surface area contributed by atoms with Crippen molar-refractivity contribution in [3.05, 3.63) is 63.9 Å². The Morgan fingerprint density at radius 2 is 1.86 bits per heavy atom. The molecule has 1 heterocycles. The van der Waals surface area contributed by atoms with Crippen molar-refractivity contribution >= 4 is 46.7 Å². The summed E-state index contributed by atoms with van der Waals surface area (Å²) in [5.74, 6) is -1.48. The third-order valence-corrected chi connectivity index (χ3v) is 5.05. The molecule has 146 valence electrons. The molecule has 1 aliphatic rings. The van der Waals surface area contributed by atoms with Crippen molar-refractivity contribution in [2.24, 2.45) is 0 Å². The molecular weight excluding hydrogens is 408 g/mol. The van der Waals surface area contributed by atoms with E-state index in [-0.39, 0.29) is 18.2 Å². The number of imide groups is 1. The molecule has 2 aromatic carbocycles. The van der Waals surface area contributed by atoms with E-state index >= 15 is 0 Å². The van der Waals surface area contributed by atoms with Crippen LogP contribution in [-0.2, 0) is 9.59 Å². The lowest BCUT2D eigenvalue weighted by Crippen LogP contribution is -2.37. The van der Waals surface area contributed by atoms with Gasteiger partial charge in [-0.2, -0.15) is 0 Å². The summed E-state index contributed by atoms with van der Waals surface area (Å²) < 4.78 is 13.1. The Kier molecular flexibility index (Phi) is 5.86. The number of nitrogens with zero attached hydrogens (tertiary/aromatic N) is 1. The van der Waals surface area contributed by atoms with Gasteiger partial charge in [-0.1, -0.05) is 29.3 Å². The molecule has 1 saturated heterocycles. The number of anilines is 1. The summed E-state index contributed by atoms with van der Waals surface area (Å²) in [6.45, 7) is 1.76. The van der Waals surface area contributed by atoms with E-state index in [4.69, 9.17) is 23.2 Å². The van der Waals surface area contributed by atoms with Gasteiger partial charge in [0, 0.05) is 0 Å².